The van der Waals surface area contributed by atoms with Crippen molar-refractivity contribution in [3.05, 3.63) is 46.0 Å². The van der Waals surface area contributed by atoms with Crippen LogP contribution in [0.4, 0.5) is 4.39 Å². The van der Waals surface area contributed by atoms with Gasteiger partial charge in [0, 0.05) is 28.6 Å². The first-order chi connectivity index (χ1) is 10.0. The molecule has 8 heteroatoms. The fraction of sp³-hybridized carbons (Fsp3) is 0.154. The van der Waals surface area contributed by atoms with Gasteiger partial charge in [-0.25, -0.2) is 22.5 Å². The van der Waals surface area contributed by atoms with E-state index in [2.05, 4.69) is 21.5 Å². The Labute approximate surface area is 126 Å². The molecular formula is C13H12FN3O2S2. The van der Waals surface area contributed by atoms with Crippen LogP contribution in [0.2, 0.25) is 0 Å². The number of nitrogens with one attached hydrogen (secondary N) is 1. The maximum Gasteiger partial charge on any atom is 0.261 e. The number of nitrogens with zero attached hydrogens (tertiary/aromatic N) is 1. The molecule has 2 rings (SSSR count). The minimum absolute atomic E-state index is 0.0489. The summed E-state index contributed by atoms with van der Waals surface area (Å²) in [5.41, 5.74) is 6.04. The van der Waals surface area contributed by atoms with Crippen LogP contribution in [0.25, 0.3) is 0 Å². The average molecular weight is 325 g/mol. The zero-order chi connectivity index (χ0) is 15.3. The Morgan fingerprint density at radius 1 is 1.48 bits per heavy atom. The Hall–Kier alpha value is -1.79. The fourth-order valence-electron chi connectivity index (χ4n) is 1.50. The highest BCUT2D eigenvalue weighted by molar-refractivity contribution is 7.89. The van der Waals surface area contributed by atoms with Crippen LogP contribution in [0.1, 0.15) is 10.4 Å². The summed E-state index contributed by atoms with van der Waals surface area (Å²) < 4.78 is 39.7. The first kappa shape index (κ1) is 15.6. The Morgan fingerprint density at radius 3 is 3.00 bits per heavy atom. The van der Waals surface area contributed by atoms with Gasteiger partial charge in [0.05, 0.1) is 6.54 Å². The topological polar surface area (TPSA) is 85.1 Å². The number of aromatic nitrogens is 1. The predicted molar refractivity (Wildman–Crippen MR) is 78.5 cm³/mol. The lowest BCUT2D eigenvalue weighted by Crippen LogP contribution is -2.24. The van der Waals surface area contributed by atoms with Crippen molar-refractivity contribution in [1.29, 1.82) is 0 Å². The van der Waals surface area contributed by atoms with Crippen molar-refractivity contribution in [3.8, 4) is 11.8 Å². The molecule has 0 saturated heterocycles. The highest BCUT2D eigenvalue weighted by atomic mass is 32.2. The summed E-state index contributed by atoms with van der Waals surface area (Å²) in [5, 5.41) is 1.19. The molecule has 0 amide bonds. The number of nitrogens with two attached hydrogens (primary N) is 1. The minimum Gasteiger partial charge on any atom is -0.320 e. The third-order valence-electron chi connectivity index (χ3n) is 2.40. The SMILES string of the molecule is NCC#Cc1csc(CNS(=O)(=O)c2ncccc2F)c1. The molecular weight excluding hydrogens is 313 g/mol. The van der Waals surface area contributed by atoms with Crippen LogP contribution in [0.15, 0.2) is 34.8 Å². The highest BCUT2D eigenvalue weighted by Gasteiger charge is 2.20. The van der Waals surface area contributed by atoms with Crippen molar-refractivity contribution < 1.29 is 12.8 Å². The predicted octanol–water partition coefficient (Wildman–Crippen LogP) is 1.07. The summed E-state index contributed by atoms with van der Waals surface area (Å²) in [5.74, 6) is 4.67. The lowest BCUT2D eigenvalue weighted by atomic mass is 10.3. The van der Waals surface area contributed by atoms with Crippen LogP contribution in [0.3, 0.4) is 0 Å². The third-order valence-corrected chi connectivity index (χ3v) is 4.67. The van der Waals surface area contributed by atoms with Gasteiger partial charge in [0.2, 0.25) is 5.03 Å². The second-order valence-corrected chi connectivity index (χ2v) is 6.60. The van der Waals surface area contributed by atoms with Crippen molar-refractivity contribution in [1.82, 2.24) is 9.71 Å². The van der Waals surface area contributed by atoms with E-state index in [1.54, 1.807) is 11.4 Å². The van der Waals surface area contributed by atoms with Gasteiger partial charge in [-0.3, -0.25) is 0 Å². The van der Waals surface area contributed by atoms with E-state index in [0.717, 1.165) is 16.5 Å². The van der Waals surface area contributed by atoms with E-state index in [1.807, 2.05) is 0 Å². The number of sulfonamides is 1. The lowest BCUT2D eigenvalue weighted by Gasteiger charge is -2.05. The van der Waals surface area contributed by atoms with E-state index in [9.17, 15) is 12.8 Å². The minimum atomic E-state index is -3.98. The average Bonchev–Trinajstić information content (AvgIpc) is 2.91. The van der Waals surface area contributed by atoms with Gasteiger partial charge in [0.1, 0.15) is 0 Å². The molecule has 5 nitrogen and oxygen atoms in total. The van der Waals surface area contributed by atoms with E-state index in [4.69, 9.17) is 5.73 Å². The van der Waals surface area contributed by atoms with Gasteiger partial charge in [-0.1, -0.05) is 11.8 Å². The van der Waals surface area contributed by atoms with Crippen LogP contribution in [-0.2, 0) is 16.6 Å². The molecule has 0 atom stereocenters. The van der Waals surface area contributed by atoms with Crippen molar-refractivity contribution in [2.24, 2.45) is 5.73 Å². The maximum absolute atomic E-state index is 13.4. The van der Waals surface area contributed by atoms with E-state index >= 15 is 0 Å². The van der Waals surface area contributed by atoms with Gasteiger partial charge in [-0.05, 0) is 18.2 Å². The first-order valence-corrected chi connectivity index (χ1v) is 8.26. The van der Waals surface area contributed by atoms with Crippen molar-refractivity contribution in [2.45, 2.75) is 11.6 Å². The molecule has 21 heavy (non-hydrogen) atoms. The largest absolute Gasteiger partial charge is 0.320 e. The standard InChI is InChI=1S/C13H12FN3O2S2/c14-12-4-2-6-16-13(12)21(18,19)17-8-11-7-10(9-20-11)3-1-5-15/h2,4,6-7,9,17H,5,8,15H2. The molecule has 0 bridgehead atoms. The zero-order valence-electron chi connectivity index (χ0n) is 10.8. The van der Waals surface area contributed by atoms with Gasteiger partial charge in [0.15, 0.2) is 5.82 Å². The molecule has 0 aliphatic carbocycles. The molecule has 0 aromatic carbocycles. The van der Waals surface area contributed by atoms with E-state index in [0.29, 0.717) is 0 Å². The van der Waals surface area contributed by atoms with Crippen LogP contribution in [0, 0.1) is 17.7 Å². The number of rotatable bonds is 4. The number of halogens is 1. The molecule has 0 unspecified atom stereocenters. The number of thiophene rings is 1. The summed E-state index contributed by atoms with van der Waals surface area (Å²) in [6.07, 6.45) is 1.23. The van der Waals surface area contributed by atoms with Gasteiger partial charge in [0.25, 0.3) is 10.0 Å². The summed E-state index contributed by atoms with van der Waals surface area (Å²) >= 11 is 1.36. The molecule has 2 aromatic heterocycles. The summed E-state index contributed by atoms with van der Waals surface area (Å²) in [6.45, 7) is 0.310. The number of hydrogen-bond acceptors (Lipinski definition) is 5. The van der Waals surface area contributed by atoms with Gasteiger partial charge < -0.3 is 5.73 Å². The lowest BCUT2D eigenvalue weighted by molar-refractivity contribution is 0.544. The van der Waals surface area contributed by atoms with Crippen LogP contribution in [-0.4, -0.2) is 19.9 Å². The second-order valence-electron chi connectivity index (χ2n) is 3.92. The molecule has 0 spiro atoms. The van der Waals surface area contributed by atoms with E-state index in [-0.39, 0.29) is 13.1 Å². The summed E-state index contributed by atoms with van der Waals surface area (Å²) in [4.78, 5) is 4.31. The second kappa shape index (κ2) is 6.78. The van der Waals surface area contributed by atoms with Crippen LogP contribution >= 0.6 is 11.3 Å². The monoisotopic (exact) mass is 325 g/mol. The van der Waals surface area contributed by atoms with Crippen LogP contribution < -0.4 is 10.5 Å². The molecule has 0 fully saturated rings. The third kappa shape index (κ3) is 4.09. The quantitative estimate of drug-likeness (QED) is 0.824. The van der Waals surface area contributed by atoms with E-state index in [1.165, 1.54) is 23.6 Å². The molecule has 0 radical (unpaired) electrons. The normalized spacial score (nSPS) is 11.0. The summed E-state index contributed by atoms with van der Waals surface area (Å²) in [7, 11) is -3.98. The van der Waals surface area contributed by atoms with Gasteiger partial charge in [-0.2, -0.15) is 0 Å². The summed E-state index contributed by atoms with van der Waals surface area (Å²) in [6, 6.07) is 4.13. The Balaban J connectivity index is 2.09. The van der Waals surface area contributed by atoms with Crippen molar-refractivity contribution in [3.63, 3.8) is 0 Å². The maximum atomic E-state index is 13.4. The number of hydrogen-bond donors (Lipinski definition) is 2. The smallest absolute Gasteiger partial charge is 0.261 e. The molecule has 3 N–H and O–H groups in total. The van der Waals surface area contributed by atoms with Crippen molar-refractivity contribution in [2.75, 3.05) is 6.54 Å². The Bertz CT molecular complexity index is 791. The van der Waals surface area contributed by atoms with E-state index < -0.39 is 20.9 Å². The van der Waals surface area contributed by atoms with Crippen LogP contribution in [0.5, 0.6) is 0 Å². The molecule has 110 valence electrons. The molecule has 2 heterocycles. The zero-order valence-corrected chi connectivity index (χ0v) is 12.5. The molecule has 0 aliphatic rings. The fourth-order valence-corrected chi connectivity index (χ4v) is 3.35. The van der Waals surface area contributed by atoms with Gasteiger partial charge in [-0.15, -0.1) is 11.3 Å². The van der Waals surface area contributed by atoms with Gasteiger partial charge >= 0.3 is 0 Å². The molecule has 0 saturated carbocycles. The number of pyridine rings is 1. The Kier molecular flexibility index (Phi) is 5.03. The Morgan fingerprint density at radius 2 is 2.29 bits per heavy atom. The molecule has 2 aromatic rings. The van der Waals surface area contributed by atoms with Crippen molar-refractivity contribution >= 4 is 21.4 Å². The first-order valence-electron chi connectivity index (χ1n) is 5.89. The highest BCUT2D eigenvalue weighted by Crippen LogP contribution is 2.15. The molecule has 0 aliphatic heterocycles.